The van der Waals surface area contributed by atoms with Crippen LogP contribution >= 0.6 is 0 Å². The van der Waals surface area contributed by atoms with Crippen LogP contribution in [0.4, 0.5) is 0 Å². The molecule has 0 spiro atoms. The third-order valence-corrected chi connectivity index (χ3v) is 4.98. The molecule has 0 aliphatic carbocycles. The number of carboxylic acid groups (broad SMARTS) is 1. The van der Waals surface area contributed by atoms with Crippen molar-refractivity contribution in [1.29, 1.82) is 0 Å². The number of nitrogens with zero attached hydrogens (tertiary/aromatic N) is 2. The molecule has 0 unspecified atom stereocenters. The Kier molecular flexibility index (Phi) is 5.52. The van der Waals surface area contributed by atoms with E-state index in [1.807, 2.05) is 48.5 Å². The smallest absolute Gasteiger partial charge is 0.328 e. The maximum Gasteiger partial charge on any atom is 0.328 e. The highest BCUT2D eigenvalue weighted by atomic mass is 16.4. The average molecular weight is 395 g/mol. The number of fused-ring (bicyclic) bond motifs is 1. The molecule has 0 aliphatic heterocycles. The van der Waals surface area contributed by atoms with Crippen molar-refractivity contribution in [2.24, 2.45) is 0 Å². The van der Waals surface area contributed by atoms with Gasteiger partial charge in [0.25, 0.3) is 0 Å². The van der Waals surface area contributed by atoms with Crippen LogP contribution in [0.2, 0.25) is 0 Å². The first kappa shape index (κ1) is 19.3. The van der Waals surface area contributed by atoms with Gasteiger partial charge in [0.15, 0.2) is 0 Å². The summed E-state index contributed by atoms with van der Waals surface area (Å²) < 4.78 is 0. The summed E-state index contributed by atoms with van der Waals surface area (Å²) in [6.45, 7) is 2.14. The molecule has 5 heteroatoms. The van der Waals surface area contributed by atoms with Gasteiger partial charge in [-0.1, -0.05) is 61.5 Å². The van der Waals surface area contributed by atoms with Gasteiger partial charge in [0.2, 0.25) is 0 Å². The zero-order chi connectivity index (χ0) is 20.9. The van der Waals surface area contributed by atoms with Crippen LogP contribution in [0.5, 0.6) is 0 Å². The SMILES string of the molecule is CC/C(=C(/c1ccc(/C=C/C(=O)O)cc1)c1cc2cn[nH]c2cn1)c1ccccc1. The van der Waals surface area contributed by atoms with E-state index >= 15 is 0 Å². The number of hydrogen-bond acceptors (Lipinski definition) is 3. The molecule has 148 valence electrons. The Labute approximate surface area is 174 Å². The molecule has 0 radical (unpaired) electrons. The summed E-state index contributed by atoms with van der Waals surface area (Å²) in [5, 5.41) is 16.9. The van der Waals surface area contributed by atoms with Crippen molar-refractivity contribution in [2.75, 3.05) is 0 Å². The van der Waals surface area contributed by atoms with Crippen LogP contribution in [0.1, 0.15) is 35.7 Å². The van der Waals surface area contributed by atoms with Gasteiger partial charge in [-0.2, -0.15) is 5.10 Å². The summed E-state index contributed by atoms with van der Waals surface area (Å²) in [6.07, 6.45) is 7.17. The second-order valence-electron chi connectivity index (χ2n) is 6.89. The molecule has 0 bridgehead atoms. The summed E-state index contributed by atoms with van der Waals surface area (Å²) in [6, 6.07) is 20.2. The van der Waals surface area contributed by atoms with Crippen molar-refractivity contribution >= 4 is 34.1 Å². The van der Waals surface area contributed by atoms with Crippen molar-refractivity contribution in [3.63, 3.8) is 0 Å². The number of aromatic nitrogens is 3. The third-order valence-electron chi connectivity index (χ3n) is 4.98. The molecule has 4 rings (SSSR count). The van der Waals surface area contributed by atoms with Gasteiger partial charge in [-0.25, -0.2) is 4.79 Å². The number of carboxylic acids is 1. The Hall–Kier alpha value is -3.99. The van der Waals surface area contributed by atoms with Gasteiger partial charge in [-0.05, 0) is 40.8 Å². The summed E-state index contributed by atoms with van der Waals surface area (Å²) >= 11 is 0. The molecule has 0 saturated heterocycles. The van der Waals surface area contributed by atoms with Crippen LogP contribution in [0.25, 0.3) is 28.1 Å². The van der Waals surface area contributed by atoms with Crippen LogP contribution in [-0.4, -0.2) is 26.3 Å². The van der Waals surface area contributed by atoms with E-state index in [1.165, 1.54) is 5.57 Å². The first-order valence-corrected chi connectivity index (χ1v) is 9.75. The van der Waals surface area contributed by atoms with Crippen molar-refractivity contribution < 1.29 is 9.90 Å². The highest BCUT2D eigenvalue weighted by Gasteiger charge is 2.15. The number of aromatic amines is 1. The summed E-state index contributed by atoms with van der Waals surface area (Å²) in [4.78, 5) is 15.5. The monoisotopic (exact) mass is 395 g/mol. The summed E-state index contributed by atoms with van der Waals surface area (Å²) in [5.41, 5.74) is 7.03. The first-order valence-electron chi connectivity index (χ1n) is 9.75. The molecule has 0 aliphatic rings. The molecule has 4 aromatic rings. The molecule has 0 fully saturated rings. The predicted octanol–water partition coefficient (Wildman–Crippen LogP) is 5.42. The molecule has 30 heavy (non-hydrogen) atoms. The van der Waals surface area contributed by atoms with Gasteiger partial charge in [0.1, 0.15) is 0 Å². The van der Waals surface area contributed by atoms with E-state index in [9.17, 15) is 4.79 Å². The van der Waals surface area contributed by atoms with Crippen molar-refractivity contribution in [2.45, 2.75) is 13.3 Å². The molecule has 5 nitrogen and oxygen atoms in total. The minimum Gasteiger partial charge on any atom is -0.478 e. The van der Waals surface area contributed by atoms with Crippen LogP contribution < -0.4 is 0 Å². The molecule has 0 saturated carbocycles. The topological polar surface area (TPSA) is 78.9 Å². The van der Waals surface area contributed by atoms with Crippen LogP contribution in [0, 0.1) is 0 Å². The fourth-order valence-corrected chi connectivity index (χ4v) is 3.55. The van der Waals surface area contributed by atoms with E-state index < -0.39 is 5.97 Å². The second kappa shape index (κ2) is 8.57. The van der Waals surface area contributed by atoms with Crippen molar-refractivity contribution in [3.05, 3.63) is 102 Å². The Morgan fingerprint density at radius 1 is 1.03 bits per heavy atom. The van der Waals surface area contributed by atoms with Gasteiger partial charge in [0, 0.05) is 17.0 Å². The fourth-order valence-electron chi connectivity index (χ4n) is 3.55. The Morgan fingerprint density at radius 3 is 2.50 bits per heavy atom. The Balaban J connectivity index is 1.89. The largest absolute Gasteiger partial charge is 0.478 e. The van der Waals surface area contributed by atoms with Crippen LogP contribution in [0.3, 0.4) is 0 Å². The predicted molar refractivity (Wildman–Crippen MR) is 120 cm³/mol. The standard InChI is InChI=1S/C25H21N3O2/c1-2-21(18-6-4-3-5-7-18)25(22-14-20-15-27-28-23(20)16-26-22)19-11-8-17(9-12-19)10-13-24(29)30/h3-16H,2H2,1H3,(H,27,28)(H,29,30)/b13-10+,25-21+. The lowest BCUT2D eigenvalue weighted by molar-refractivity contribution is -0.131. The number of carbonyl (C=O) groups is 1. The lowest BCUT2D eigenvalue weighted by Gasteiger charge is -2.16. The number of hydrogen-bond donors (Lipinski definition) is 2. The van der Waals surface area contributed by atoms with Gasteiger partial charge >= 0.3 is 5.97 Å². The highest BCUT2D eigenvalue weighted by Crippen LogP contribution is 2.34. The molecule has 2 aromatic carbocycles. The number of pyridine rings is 1. The lowest BCUT2D eigenvalue weighted by atomic mass is 9.90. The van der Waals surface area contributed by atoms with Crippen molar-refractivity contribution in [1.82, 2.24) is 15.2 Å². The maximum atomic E-state index is 10.8. The number of benzene rings is 2. The van der Waals surface area contributed by atoms with Crippen LogP contribution in [0.15, 0.2) is 79.1 Å². The van der Waals surface area contributed by atoms with E-state index in [0.717, 1.165) is 51.4 Å². The zero-order valence-electron chi connectivity index (χ0n) is 16.5. The number of nitrogens with one attached hydrogen (secondary N) is 1. The number of aliphatic carboxylic acids is 1. The summed E-state index contributed by atoms with van der Waals surface area (Å²) in [5.74, 6) is -0.963. The third kappa shape index (κ3) is 4.05. The van der Waals surface area contributed by atoms with E-state index in [1.54, 1.807) is 18.5 Å². The Bertz CT molecular complexity index is 1240. The minimum atomic E-state index is -0.963. The normalized spacial score (nSPS) is 12.3. The van der Waals surface area contributed by atoms with Crippen molar-refractivity contribution in [3.8, 4) is 0 Å². The molecular weight excluding hydrogens is 374 g/mol. The minimum absolute atomic E-state index is 0.830. The molecule has 2 N–H and O–H groups in total. The number of H-pyrrole nitrogens is 1. The first-order chi connectivity index (χ1) is 14.7. The molecule has 0 atom stereocenters. The fraction of sp³-hybridized carbons (Fsp3) is 0.0800. The lowest BCUT2D eigenvalue weighted by Crippen LogP contribution is -1.97. The van der Waals surface area contributed by atoms with Gasteiger partial charge in [-0.3, -0.25) is 10.1 Å². The molecule has 2 heterocycles. The second-order valence-corrected chi connectivity index (χ2v) is 6.89. The van der Waals surface area contributed by atoms with Gasteiger partial charge in [-0.15, -0.1) is 0 Å². The number of allylic oxidation sites excluding steroid dienone is 1. The highest BCUT2D eigenvalue weighted by molar-refractivity contribution is 5.99. The molecule has 2 aromatic heterocycles. The summed E-state index contributed by atoms with van der Waals surface area (Å²) in [7, 11) is 0. The molecular formula is C25H21N3O2. The number of rotatable bonds is 6. The zero-order valence-corrected chi connectivity index (χ0v) is 16.5. The van der Waals surface area contributed by atoms with Gasteiger partial charge in [0.05, 0.1) is 23.6 Å². The van der Waals surface area contributed by atoms with E-state index in [2.05, 4.69) is 29.3 Å². The quantitative estimate of drug-likeness (QED) is 0.337. The van der Waals surface area contributed by atoms with E-state index in [-0.39, 0.29) is 0 Å². The maximum absolute atomic E-state index is 10.8. The van der Waals surface area contributed by atoms with E-state index in [0.29, 0.717) is 0 Å². The van der Waals surface area contributed by atoms with Gasteiger partial charge < -0.3 is 5.11 Å². The Morgan fingerprint density at radius 2 is 1.80 bits per heavy atom. The van der Waals surface area contributed by atoms with E-state index in [4.69, 9.17) is 10.1 Å². The molecule has 0 amide bonds. The van der Waals surface area contributed by atoms with Crippen LogP contribution in [-0.2, 0) is 4.79 Å². The average Bonchev–Trinajstić information content (AvgIpc) is 3.25.